The lowest BCUT2D eigenvalue weighted by Crippen LogP contribution is -2.16. The number of halogens is 2. The highest BCUT2D eigenvalue weighted by Crippen LogP contribution is 2.26. The molecule has 1 heterocycles. The Balaban J connectivity index is 2.61. The summed E-state index contributed by atoms with van der Waals surface area (Å²) in [4.78, 5) is 0.0584. The molecule has 0 aliphatic rings. The number of aryl methyl sites for hydroxylation is 2. The van der Waals surface area contributed by atoms with E-state index in [2.05, 4.69) is 5.10 Å². The number of hydrogen-bond acceptors (Lipinski definition) is 3. The topological polar surface area (TPSA) is 52.0 Å². The van der Waals surface area contributed by atoms with Crippen LogP contribution in [0.2, 0.25) is 10.0 Å². The third kappa shape index (κ3) is 2.25. The Labute approximate surface area is 115 Å². The average molecular weight is 305 g/mol. The minimum absolute atomic E-state index is 0.0584. The summed E-state index contributed by atoms with van der Waals surface area (Å²) >= 11 is 11.6. The zero-order valence-electron chi connectivity index (χ0n) is 9.68. The van der Waals surface area contributed by atoms with Gasteiger partial charge in [-0.15, -0.1) is 0 Å². The Morgan fingerprint density at radius 3 is 2.28 bits per heavy atom. The van der Waals surface area contributed by atoms with Gasteiger partial charge in [0.05, 0.1) is 26.3 Å². The van der Waals surface area contributed by atoms with Crippen molar-refractivity contribution >= 4 is 33.2 Å². The van der Waals surface area contributed by atoms with Crippen LogP contribution in [0.25, 0.3) is 0 Å². The summed E-state index contributed by atoms with van der Waals surface area (Å²) in [5.74, 6) is 0. The summed E-state index contributed by atoms with van der Waals surface area (Å²) in [6.45, 7) is 3.41. The molecular formula is C11H10Cl2N2O2S. The fraction of sp³-hybridized carbons (Fsp3) is 0.182. The van der Waals surface area contributed by atoms with E-state index in [9.17, 15) is 8.42 Å². The summed E-state index contributed by atoms with van der Waals surface area (Å²) in [5.41, 5.74) is 1.18. The first kappa shape index (κ1) is 13.4. The molecule has 0 saturated carbocycles. The van der Waals surface area contributed by atoms with Gasteiger partial charge in [0.15, 0.2) is 0 Å². The SMILES string of the molecule is Cc1cc(C)n(S(=O)(=O)c2ccc(Cl)c(Cl)c2)n1. The van der Waals surface area contributed by atoms with E-state index in [1.807, 2.05) is 0 Å². The Morgan fingerprint density at radius 2 is 1.78 bits per heavy atom. The first-order chi connectivity index (χ1) is 8.32. The van der Waals surface area contributed by atoms with Gasteiger partial charge < -0.3 is 0 Å². The highest BCUT2D eigenvalue weighted by atomic mass is 35.5. The van der Waals surface area contributed by atoms with Crippen molar-refractivity contribution in [2.45, 2.75) is 18.7 Å². The van der Waals surface area contributed by atoms with Crippen LogP contribution in [0.15, 0.2) is 29.2 Å². The van der Waals surface area contributed by atoms with Gasteiger partial charge in [-0.25, -0.2) is 0 Å². The predicted octanol–water partition coefficient (Wildman–Crippen LogP) is 3.04. The molecule has 0 radical (unpaired) electrons. The molecule has 0 bridgehead atoms. The number of aromatic nitrogens is 2. The molecule has 96 valence electrons. The van der Waals surface area contributed by atoms with E-state index in [0.29, 0.717) is 16.4 Å². The number of rotatable bonds is 2. The molecule has 2 aromatic rings. The van der Waals surface area contributed by atoms with Crippen LogP contribution in [0.3, 0.4) is 0 Å². The summed E-state index contributed by atoms with van der Waals surface area (Å²) in [5, 5.41) is 4.47. The van der Waals surface area contributed by atoms with Crippen molar-refractivity contribution in [3.63, 3.8) is 0 Å². The monoisotopic (exact) mass is 304 g/mol. The third-order valence-corrected chi connectivity index (χ3v) is 4.80. The molecule has 4 nitrogen and oxygen atoms in total. The maximum absolute atomic E-state index is 12.3. The van der Waals surface area contributed by atoms with Gasteiger partial charge in [0.2, 0.25) is 0 Å². The molecule has 0 amide bonds. The standard InChI is InChI=1S/C11H10Cl2N2O2S/c1-7-5-8(2)15(14-7)18(16,17)9-3-4-10(12)11(13)6-9/h3-6H,1-2H3. The molecule has 7 heteroatoms. The van der Waals surface area contributed by atoms with Gasteiger partial charge in [-0.05, 0) is 38.1 Å². The number of hydrogen-bond donors (Lipinski definition) is 0. The van der Waals surface area contributed by atoms with Crippen molar-refractivity contribution in [1.29, 1.82) is 0 Å². The molecule has 1 aromatic carbocycles. The zero-order chi connectivity index (χ0) is 13.5. The van der Waals surface area contributed by atoms with E-state index >= 15 is 0 Å². The first-order valence-electron chi connectivity index (χ1n) is 5.06. The molecule has 0 aliphatic heterocycles. The van der Waals surface area contributed by atoms with Crippen molar-refractivity contribution in [3.8, 4) is 0 Å². The van der Waals surface area contributed by atoms with Crippen LogP contribution < -0.4 is 0 Å². The molecule has 0 atom stereocenters. The smallest absolute Gasteiger partial charge is 0.199 e. The quantitative estimate of drug-likeness (QED) is 0.857. The summed E-state index contributed by atoms with van der Waals surface area (Å²) < 4.78 is 25.6. The maximum atomic E-state index is 12.3. The summed E-state index contributed by atoms with van der Waals surface area (Å²) in [6, 6.07) is 5.85. The molecule has 0 fully saturated rings. The van der Waals surface area contributed by atoms with E-state index in [1.54, 1.807) is 19.9 Å². The van der Waals surface area contributed by atoms with Gasteiger partial charge in [0.25, 0.3) is 10.0 Å². The van der Waals surface area contributed by atoms with Crippen LogP contribution in [-0.4, -0.2) is 17.6 Å². The fourth-order valence-corrected chi connectivity index (χ4v) is 3.33. The second-order valence-electron chi connectivity index (χ2n) is 3.85. The van der Waals surface area contributed by atoms with Crippen LogP contribution in [0.5, 0.6) is 0 Å². The molecule has 18 heavy (non-hydrogen) atoms. The van der Waals surface area contributed by atoms with E-state index < -0.39 is 10.0 Å². The lowest BCUT2D eigenvalue weighted by molar-refractivity contribution is 0.578. The highest BCUT2D eigenvalue weighted by molar-refractivity contribution is 7.89. The lowest BCUT2D eigenvalue weighted by Gasteiger charge is -2.07. The molecule has 1 aromatic heterocycles. The van der Waals surface area contributed by atoms with Crippen LogP contribution >= 0.6 is 23.2 Å². The minimum Gasteiger partial charge on any atom is -0.199 e. The normalized spacial score (nSPS) is 11.8. The van der Waals surface area contributed by atoms with Gasteiger partial charge in [-0.2, -0.15) is 17.6 Å². The summed E-state index contributed by atoms with van der Waals surface area (Å²) in [6.07, 6.45) is 0. The van der Waals surface area contributed by atoms with Crippen molar-refractivity contribution in [2.75, 3.05) is 0 Å². The Bertz CT molecular complexity index is 708. The van der Waals surface area contributed by atoms with Gasteiger partial charge in [-0.1, -0.05) is 23.2 Å². The summed E-state index contributed by atoms with van der Waals surface area (Å²) in [7, 11) is -3.73. The molecule has 0 unspecified atom stereocenters. The second kappa shape index (κ2) is 4.57. The van der Waals surface area contributed by atoms with Crippen LogP contribution in [0.4, 0.5) is 0 Å². The molecule has 0 aliphatic carbocycles. The van der Waals surface area contributed by atoms with E-state index in [0.717, 1.165) is 4.09 Å². The largest absolute Gasteiger partial charge is 0.283 e. The third-order valence-electron chi connectivity index (χ3n) is 2.38. The van der Waals surface area contributed by atoms with Crippen LogP contribution in [-0.2, 0) is 10.0 Å². The maximum Gasteiger partial charge on any atom is 0.283 e. The zero-order valence-corrected chi connectivity index (χ0v) is 12.0. The average Bonchev–Trinajstić information content (AvgIpc) is 2.62. The van der Waals surface area contributed by atoms with E-state index in [-0.39, 0.29) is 9.92 Å². The Morgan fingerprint density at radius 1 is 1.11 bits per heavy atom. The molecule has 0 spiro atoms. The van der Waals surface area contributed by atoms with E-state index in [4.69, 9.17) is 23.2 Å². The number of benzene rings is 1. The van der Waals surface area contributed by atoms with Crippen molar-refractivity contribution in [1.82, 2.24) is 9.19 Å². The predicted molar refractivity (Wildman–Crippen MR) is 70.7 cm³/mol. The van der Waals surface area contributed by atoms with Crippen LogP contribution in [0, 0.1) is 13.8 Å². The van der Waals surface area contributed by atoms with Gasteiger partial charge in [-0.3, -0.25) is 0 Å². The first-order valence-corrected chi connectivity index (χ1v) is 7.26. The second-order valence-corrected chi connectivity index (χ2v) is 6.43. The van der Waals surface area contributed by atoms with Gasteiger partial charge >= 0.3 is 0 Å². The Hall–Kier alpha value is -1.04. The molecule has 0 saturated heterocycles. The van der Waals surface area contributed by atoms with Crippen LogP contribution in [0.1, 0.15) is 11.4 Å². The lowest BCUT2D eigenvalue weighted by atomic mass is 10.4. The van der Waals surface area contributed by atoms with Gasteiger partial charge in [0.1, 0.15) is 0 Å². The Kier molecular flexibility index (Phi) is 3.40. The van der Waals surface area contributed by atoms with Gasteiger partial charge in [0, 0.05) is 0 Å². The van der Waals surface area contributed by atoms with Crippen molar-refractivity contribution in [2.24, 2.45) is 0 Å². The van der Waals surface area contributed by atoms with E-state index in [1.165, 1.54) is 18.2 Å². The molecule has 0 N–H and O–H groups in total. The fourth-order valence-electron chi connectivity index (χ4n) is 1.59. The minimum atomic E-state index is -3.73. The molecule has 2 rings (SSSR count). The van der Waals surface area contributed by atoms with Crippen molar-refractivity contribution in [3.05, 3.63) is 45.7 Å². The van der Waals surface area contributed by atoms with Crippen molar-refractivity contribution < 1.29 is 8.42 Å². The molecular weight excluding hydrogens is 295 g/mol. The number of nitrogens with zero attached hydrogens (tertiary/aromatic N) is 2. The highest BCUT2D eigenvalue weighted by Gasteiger charge is 2.21.